The average molecular weight is 256 g/mol. The smallest absolute Gasteiger partial charge is 0.273 e. The summed E-state index contributed by atoms with van der Waals surface area (Å²) in [4.78, 5) is 13.1. The summed E-state index contributed by atoms with van der Waals surface area (Å²) in [7, 11) is 3.37. The van der Waals surface area contributed by atoms with Crippen LogP contribution in [0.5, 0.6) is 0 Å². The van der Waals surface area contributed by atoms with Crippen LogP contribution in [-0.4, -0.2) is 35.1 Å². The van der Waals surface area contributed by atoms with Crippen molar-refractivity contribution in [3.8, 4) is 0 Å². The zero-order valence-electron chi connectivity index (χ0n) is 11.0. The van der Waals surface area contributed by atoms with Crippen LogP contribution in [0.25, 0.3) is 0 Å². The predicted octanol–water partition coefficient (Wildman–Crippen LogP) is 1.79. The van der Waals surface area contributed by atoms with Gasteiger partial charge in [-0.1, -0.05) is 30.3 Å². The molecular formula is C14H16N4O. The lowest BCUT2D eigenvalue weighted by Crippen LogP contribution is -2.23. The van der Waals surface area contributed by atoms with Crippen LogP contribution in [0.1, 0.15) is 16.1 Å². The zero-order chi connectivity index (χ0) is 13.7. The average Bonchev–Trinajstić information content (AvgIpc) is 2.46. The number of carbonyl (C=O) groups excluding carboxylic acids is 1. The van der Waals surface area contributed by atoms with E-state index in [0.29, 0.717) is 18.1 Å². The molecule has 1 amide bonds. The Morgan fingerprint density at radius 1 is 1.11 bits per heavy atom. The van der Waals surface area contributed by atoms with Gasteiger partial charge in [0.1, 0.15) is 5.82 Å². The number of hydrogen-bond donors (Lipinski definition) is 1. The second kappa shape index (κ2) is 5.95. The number of hydrogen-bond acceptors (Lipinski definition) is 4. The molecule has 0 bridgehead atoms. The van der Waals surface area contributed by atoms with Gasteiger partial charge in [0.25, 0.3) is 5.91 Å². The van der Waals surface area contributed by atoms with E-state index in [-0.39, 0.29) is 5.91 Å². The maximum Gasteiger partial charge on any atom is 0.273 e. The molecule has 1 aromatic carbocycles. The highest BCUT2D eigenvalue weighted by Crippen LogP contribution is 2.06. The summed E-state index contributed by atoms with van der Waals surface area (Å²) in [5, 5.41) is 11.1. The van der Waals surface area contributed by atoms with Gasteiger partial charge in [-0.15, -0.1) is 10.2 Å². The van der Waals surface area contributed by atoms with Crippen molar-refractivity contribution in [2.24, 2.45) is 0 Å². The molecule has 1 heterocycles. The van der Waals surface area contributed by atoms with Crippen molar-refractivity contribution in [2.45, 2.75) is 6.54 Å². The van der Waals surface area contributed by atoms with Crippen LogP contribution < -0.4 is 5.32 Å². The minimum atomic E-state index is -0.151. The van der Waals surface area contributed by atoms with E-state index in [2.05, 4.69) is 15.5 Å². The summed E-state index contributed by atoms with van der Waals surface area (Å²) >= 11 is 0. The van der Waals surface area contributed by atoms with Crippen molar-refractivity contribution in [1.29, 1.82) is 0 Å². The van der Waals surface area contributed by atoms with E-state index in [1.807, 2.05) is 30.3 Å². The van der Waals surface area contributed by atoms with Crippen molar-refractivity contribution in [1.82, 2.24) is 15.1 Å². The second-order valence-corrected chi connectivity index (χ2v) is 4.34. The van der Waals surface area contributed by atoms with Gasteiger partial charge in [-0.2, -0.15) is 0 Å². The lowest BCUT2D eigenvalue weighted by atomic mass is 10.2. The Morgan fingerprint density at radius 3 is 2.42 bits per heavy atom. The van der Waals surface area contributed by atoms with Crippen LogP contribution in [0, 0.1) is 0 Å². The number of nitrogens with one attached hydrogen (secondary N) is 1. The molecule has 5 heteroatoms. The zero-order valence-corrected chi connectivity index (χ0v) is 11.0. The maximum atomic E-state index is 11.6. The third-order valence-corrected chi connectivity index (χ3v) is 2.61. The standard InChI is InChI=1S/C14H16N4O/c1-18(2)14(19)12-8-9-13(17-16-12)15-10-11-6-4-3-5-7-11/h3-9H,10H2,1-2H3,(H,15,17). The van der Waals surface area contributed by atoms with Crippen LogP contribution in [0.4, 0.5) is 5.82 Å². The minimum absolute atomic E-state index is 0.151. The van der Waals surface area contributed by atoms with E-state index in [0.717, 1.165) is 5.56 Å². The summed E-state index contributed by atoms with van der Waals surface area (Å²) < 4.78 is 0. The molecule has 0 saturated carbocycles. The van der Waals surface area contributed by atoms with Crippen LogP contribution in [-0.2, 0) is 6.54 Å². The molecule has 98 valence electrons. The van der Waals surface area contributed by atoms with Crippen molar-refractivity contribution < 1.29 is 4.79 Å². The Morgan fingerprint density at radius 2 is 1.84 bits per heavy atom. The molecule has 1 aromatic heterocycles. The van der Waals surface area contributed by atoms with E-state index >= 15 is 0 Å². The highest BCUT2D eigenvalue weighted by Gasteiger charge is 2.09. The molecule has 19 heavy (non-hydrogen) atoms. The fraction of sp³-hybridized carbons (Fsp3) is 0.214. The SMILES string of the molecule is CN(C)C(=O)c1ccc(NCc2ccccc2)nn1. The van der Waals surface area contributed by atoms with Gasteiger partial charge in [-0.05, 0) is 17.7 Å². The van der Waals surface area contributed by atoms with Crippen LogP contribution in [0.2, 0.25) is 0 Å². The Bertz CT molecular complexity index is 537. The van der Waals surface area contributed by atoms with Crippen LogP contribution in [0.3, 0.4) is 0 Å². The molecule has 1 N–H and O–H groups in total. The lowest BCUT2D eigenvalue weighted by molar-refractivity contribution is 0.0821. The number of benzene rings is 1. The summed E-state index contributed by atoms with van der Waals surface area (Å²) in [5.41, 5.74) is 1.51. The van der Waals surface area contributed by atoms with Crippen molar-refractivity contribution in [2.75, 3.05) is 19.4 Å². The van der Waals surface area contributed by atoms with Gasteiger partial charge in [0.15, 0.2) is 5.69 Å². The maximum absolute atomic E-state index is 11.6. The highest BCUT2D eigenvalue weighted by atomic mass is 16.2. The highest BCUT2D eigenvalue weighted by molar-refractivity contribution is 5.91. The molecule has 5 nitrogen and oxygen atoms in total. The molecule has 0 atom stereocenters. The molecule has 0 saturated heterocycles. The third kappa shape index (κ3) is 3.51. The number of aromatic nitrogens is 2. The van der Waals surface area contributed by atoms with E-state index in [4.69, 9.17) is 0 Å². The van der Waals surface area contributed by atoms with Gasteiger partial charge >= 0.3 is 0 Å². The fourth-order valence-electron chi connectivity index (χ4n) is 1.56. The molecule has 0 fully saturated rings. The van der Waals surface area contributed by atoms with Crippen LogP contribution >= 0.6 is 0 Å². The van der Waals surface area contributed by atoms with Gasteiger partial charge in [0, 0.05) is 20.6 Å². The number of rotatable bonds is 4. The molecular weight excluding hydrogens is 240 g/mol. The van der Waals surface area contributed by atoms with Gasteiger partial charge in [-0.3, -0.25) is 4.79 Å². The predicted molar refractivity (Wildman–Crippen MR) is 73.8 cm³/mol. The Balaban J connectivity index is 1.98. The first-order valence-corrected chi connectivity index (χ1v) is 6.00. The van der Waals surface area contributed by atoms with Crippen molar-refractivity contribution in [3.05, 3.63) is 53.7 Å². The van der Waals surface area contributed by atoms with Crippen molar-refractivity contribution in [3.63, 3.8) is 0 Å². The van der Waals surface area contributed by atoms with Gasteiger partial charge in [0.05, 0.1) is 0 Å². The summed E-state index contributed by atoms with van der Waals surface area (Å²) in [5.74, 6) is 0.501. The summed E-state index contributed by atoms with van der Waals surface area (Å²) in [6.45, 7) is 0.677. The van der Waals surface area contributed by atoms with Crippen LogP contribution in [0.15, 0.2) is 42.5 Å². The first kappa shape index (κ1) is 13.0. The number of nitrogens with zero attached hydrogens (tertiary/aromatic N) is 3. The number of amides is 1. The Hall–Kier alpha value is -2.43. The van der Waals surface area contributed by atoms with E-state index in [1.165, 1.54) is 4.90 Å². The molecule has 0 aliphatic heterocycles. The largest absolute Gasteiger partial charge is 0.365 e. The second-order valence-electron chi connectivity index (χ2n) is 4.34. The van der Waals surface area contributed by atoms with Gasteiger partial charge in [-0.25, -0.2) is 0 Å². The quantitative estimate of drug-likeness (QED) is 0.906. The monoisotopic (exact) mass is 256 g/mol. The van der Waals surface area contributed by atoms with Gasteiger partial charge in [0.2, 0.25) is 0 Å². The molecule has 0 unspecified atom stereocenters. The summed E-state index contributed by atoms with van der Waals surface area (Å²) in [6.07, 6.45) is 0. The van der Waals surface area contributed by atoms with E-state index in [9.17, 15) is 4.79 Å². The molecule has 2 aromatic rings. The minimum Gasteiger partial charge on any atom is -0.365 e. The first-order chi connectivity index (χ1) is 9.16. The number of carbonyl (C=O) groups is 1. The fourth-order valence-corrected chi connectivity index (χ4v) is 1.56. The van der Waals surface area contributed by atoms with E-state index in [1.54, 1.807) is 26.2 Å². The first-order valence-electron chi connectivity index (χ1n) is 6.00. The molecule has 0 aliphatic rings. The molecule has 0 aliphatic carbocycles. The summed E-state index contributed by atoms with van der Waals surface area (Å²) in [6, 6.07) is 13.4. The molecule has 2 rings (SSSR count). The van der Waals surface area contributed by atoms with Crippen molar-refractivity contribution >= 4 is 11.7 Å². The van der Waals surface area contributed by atoms with Gasteiger partial charge < -0.3 is 10.2 Å². The Labute approximate surface area is 112 Å². The number of anilines is 1. The third-order valence-electron chi connectivity index (χ3n) is 2.61. The normalized spacial score (nSPS) is 10.0. The van der Waals surface area contributed by atoms with E-state index < -0.39 is 0 Å². The molecule has 0 spiro atoms. The topological polar surface area (TPSA) is 58.1 Å². The molecule has 0 radical (unpaired) electrons. The lowest BCUT2D eigenvalue weighted by Gasteiger charge is -2.09. The Kier molecular flexibility index (Phi) is 4.07.